The molecule has 0 aliphatic carbocycles. The molecule has 0 radical (unpaired) electrons. The summed E-state index contributed by atoms with van der Waals surface area (Å²) < 4.78 is 5.99. The van der Waals surface area contributed by atoms with Gasteiger partial charge in [0.1, 0.15) is 11.9 Å². The Bertz CT molecular complexity index is 711. The Morgan fingerprint density at radius 2 is 1.77 bits per heavy atom. The minimum absolute atomic E-state index is 0.0819. The van der Waals surface area contributed by atoms with Gasteiger partial charge in [0, 0.05) is 5.69 Å². The van der Waals surface area contributed by atoms with E-state index in [4.69, 9.17) is 10.5 Å². The molecule has 0 saturated carbocycles. The topological polar surface area (TPSA) is 52.3 Å². The monoisotopic (exact) mass is 295 g/mol. The van der Waals surface area contributed by atoms with Gasteiger partial charge in [-0.05, 0) is 34.7 Å². The van der Waals surface area contributed by atoms with Crippen LogP contribution in [0, 0.1) is 0 Å². The van der Waals surface area contributed by atoms with Crippen LogP contribution in [0.5, 0.6) is 5.75 Å². The number of carbonyl (C=O) groups excluding carboxylic acids is 1. The van der Waals surface area contributed by atoms with E-state index < -0.39 is 0 Å². The molecule has 3 heteroatoms. The zero-order valence-corrected chi connectivity index (χ0v) is 13.2. The Kier molecular flexibility index (Phi) is 3.44. The second-order valence-corrected chi connectivity index (χ2v) is 6.86. The van der Waals surface area contributed by atoms with Gasteiger partial charge in [0.2, 0.25) is 0 Å². The number of Topliss-reactive ketones (excluding diaryl/α,β-unsaturated/α-hetero) is 1. The van der Waals surface area contributed by atoms with Crippen LogP contribution in [0.15, 0.2) is 42.5 Å². The quantitative estimate of drug-likeness (QED) is 0.799. The van der Waals surface area contributed by atoms with Crippen LogP contribution >= 0.6 is 0 Å². The van der Waals surface area contributed by atoms with E-state index in [0.717, 1.165) is 5.56 Å². The van der Waals surface area contributed by atoms with E-state index in [1.807, 2.05) is 0 Å². The average Bonchev–Trinajstić information content (AvgIpc) is 2.47. The first kappa shape index (κ1) is 14.6. The fraction of sp³-hybridized carbons (Fsp3) is 0.316. The summed E-state index contributed by atoms with van der Waals surface area (Å²) in [5.41, 5.74) is 9.33. The highest BCUT2D eigenvalue weighted by Crippen LogP contribution is 2.36. The van der Waals surface area contributed by atoms with Crippen molar-refractivity contribution in [2.24, 2.45) is 0 Å². The summed E-state index contributed by atoms with van der Waals surface area (Å²) >= 11 is 0. The highest BCUT2D eigenvalue weighted by molar-refractivity contribution is 6.00. The van der Waals surface area contributed by atoms with Crippen molar-refractivity contribution in [1.82, 2.24) is 0 Å². The molecule has 1 aliphatic heterocycles. The van der Waals surface area contributed by atoms with Gasteiger partial charge in [-0.25, -0.2) is 0 Å². The molecule has 3 nitrogen and oxygen atoms in total. The predicted molar refractivity (Wildman–Crippen MR) is 88.3 cm³/mol. The summed E-state index contributed by atoms with van der Waals surface area (Å²) in [5, 5.41) is 0. The fourth-order valence-corrected chi connectivity index (χ4v) is 2.73. The van der Waals surface area contributed by atoms with Gasteiger partial charge in [-0.1, -0.05) is 45.0 Å². The van der Waals surface area contributed by atoms with Crippen LogP contribution in [-0.2, 0) is 5.41 Å². The zero-order valence-electron chi connectivity index (χ0n) is 13.2. The molecule has 2 aromatic carbocycles. The van der Waals surface area contributed by atoms with Crippen LogP contribution in [0.25, 0.3) is 0 Å². The lowest BCUT2D eigenvalue weighted by molar-refractivity contribution is 0.0850. The predicted octanol–water partition coefficient (Wildman–Crippen LogP) is 4.27. The average molecular weight is 295 g/mol. The molecule has 0 aromatic heterocycles. The summed E-state index contributed by atoms with van der Waals surface area (Å²) in [6.07, 6.45) is 0.128. The SMILES string of the molecule is CC(C)(C)c1ccc(C2CC(=O)c3cc(N)ccc3O2)cc1. The first-order chi connectivity index (χ1) is 10.3. The van der Waals surface area contributed by atoms with Crippen LogP contribution in [0.3, 0.4) is 0 Å². The first-order valence-electron chi connectivity index (χ1n) is 7.54. The Balaban J connectivity index is 1.88. The Hall–Kier alpha value is -2.29. The number of rotatable bonds is 1. The standard InChI is InChI=1S/C19H21NO2/c1-19(2,3)13-6-4-12(5-7-13)18-11-16(21)15-10-14(20)8-9-17(15)22-18/h4-10,18H,11,20H2,1-3H3. The summed E-state index contributed by atoms with van der Waals surface area (Å²) in [7, 11) is 0. The Morgan fingerprint density at radius 1 is 1.09 bits per heavy atom. The van der Waals surface area contributed by atoms with Gasteiger partial charge >= 0.3 is 0 Å². The molecule has 1 aliphatic rings. The lowest BCUT2D eigenvalue weighted by Crippen LogP contribution is -2.20. The number of anilines is 1. The number of ether oxygens (including phenoxy) is 1. The van der Waals surface area contributed by atoms with Gasteiger partial charge in [-0.2, -0.15) is 0 Å². The third-order valence-electron chi connectivity index (χ3n) is 4.09. The number of nitrogen functional groups attached to an aromatic ring is 1. The third-order valence-corrected chi connectivity index (χ3v) is 4.09. The number of fused-ring (bicyclic) bond motifs is 1. The van der Waals surface area contributed by atoms with E-state index >= 15 is 0 Å². The van der Waals surface area contributed by atoms with Crippen molar-refractivity contribution >= 4 is 11.5 Å². The van der Waals surface area contributed by atoms with E-state index in [1.165, 1.54) is 5.56 Å². The lowest BCUT2D eigenvalue weighted by atomic mass is 9.86. The Morgan fingerprint density at radius 3 is 2.41 bits per heavy atom. The minimum Gasteiger partial charge on any atom is -0.484 e. The third kappa shape index (κ3) is 2.71. The zero-order chi connectivity index (χ0) is 15.9. The van der Waals surface area contributed by atoms with Gasteiger partial charge in [0.15, 0.2) is 5.78 Å². The molecule has 0 fully saturated rings. The molecule has 0 bridgehead atoms. The van der Waals surface area contributed by atoms with Gasteiger partial charge in [0.25, 0.3) is 0 Å². The van der Waals surface area contributed by atoms with Gasteiger partial charge in [0.05, 0.1) is 12.0 Å². The molecule has 1 atom stereocenters. The van der Waals surface area contributed by atoms with Crippen molar-refractivity contribution in [1.29, 1.82) is 0 Å². The first-order valence-corrected chi connectivity index (χ1v) is 7.54. The molecule has 2 aromatic rings. The molecule has 0 amide bonds. The van der Waals surface area contributed by atoms with Gasteiger partial charge in [-0.15, -0.1) is 0 Å². The minimum atomic E-state index is -0.224. The van der Waals surface area contributed by atoms with Crippen LogP contribution in [0.2, 0.25) is 0 Å². The largest absolute Gasteiger partial charge is 0.484 e. The number of nitrogens with two attached hydrogens (primary N) is 1. The lowest BCUT2D eigenvalue weighted by Gasteiger charge is -2.26. The maximum atomic E-state index is 12.3. The van der Waals surface area contributed by atoms with E-state index in [-0.39, 0.29) is 17.3 Å². The van der Waals surface area contributed by atoms with E-state index in [1.54, 1.807) is 18.2 Å². The fourth-order valence-electron chi connectivity index (χ4n) is 2.73. The molecule has 3 rings (SSSR count). The van der Waals surface area contributed by atoms with Crippen molar-refractivity contribution < 1.29 is 9.53 Å². The van der Waals surface area contributed by atoms with Crippen LogP contribution in [-0.4, -0.2) is 5.78 Å². The van der Waals surface area contributed by atoms with Crippen LogP contribution in [0.1, 0.15) is 54.8 Å². The molecule has 22 heavy (non-hydrogen) atoms. The summed E-state index contributed by atoms with van der Waals surface area (Å²) in [6, 6.07) is 13.6. The number of hydrogen-bond donors (Lipinski definition) is 1. The van der Waals surface area contributed by atoms with Crippen molar-refractivity contribution in [2.45, 2.75) is 38.7 Å². The molecular weight excluding hydrogens is 274 g/mol. The summed E-state index contributed by atoms with van der Waals surface area (Å²) in [4.78, 5) is 12.3. The second kappa shape index (κ2) is 5.16. The van der Waals surface area contributed by atoms with Crippen molar-refractivity contribution in [3.63, 3.8) is 0 Å². The Labute approximate surface area is 131 Å². The van der Waals surface area contributed by atoms with Crippen LogP contribution in [0.4, 0.5) is 5.69 Å². The van der Waals surface area contributed by atoms with Crippen molar-refractivity contribution in [3.8, 4) is 5.75 Å². The smallest absolute Gasteiger partial charge is 0.170 e. The molecule has 2 N–H and O–H groups in total. The number of hydrogen-bond acceptors (Lipinski definition) is 3. The summed E-state index contributed by atoms with van der Waals surface area (Å²) in [5.74, 6) is 0.703. The van der Waals surface area contributed by atoms with E-state index in [9.17, 15) is 4.79 Å². The number of ketones is 1. The maximum absolute atomic E-state index is 12.3. The highest BCUT2D eigenvalue weighted by Gasteiger charge is 2.28. The van der Waals surface area contributed by atoms with Crippen molar-refractivity contribution in [3.05, 3.63) is 59.2 Å². The molecule has 1 unspecified atom stereocenters. The second-order valence-electron chi connectivity index (χ2n) is 6.86. The number of benzene rings is 2. The maximum Gasteiger partial charge on any atom is 0.170 e. The molecule has 0 spiro atoms. The normalized spacial score (nSPS) is 17.8. The highest BCUT2D eigenvalue weighted by atomic mass is 16.5. The van der Waals surface area contributed by atoms with E-state index in [2.05, 4.69) is 45.0 Å². The van der Waals surface area contributed by atoms with Crippen molar-refractivity contribution in [2.75, 3.05) is 5.73 Å². The molecular formula is C19H21NO2. The van der Waals surface area contributed by atoms with E-state index in [0.29, 0.717) is 23.4 Å². The van der Waals surface area contributed by atoms with Gasteiger partial charge in [-0.3, -0.25) is 4.79 Å². The molecule has 114 valence electrons. The number of carbonyl (C=O) groups is 1. The van der Waals surface area contributed by atoms with Crippen LogP contribution < -0.4 is 10.5 Å². The summed E-state index contributed by atoms with van der Waals surface area (Å²) in [6.45, 7) is 6.55. The molecule has 0 saturated heterocycles. The van der Waals surface area contributed by atoms with Gasteiger partial charge < -0.3 is 10.5 Å². The molecule has 1 heterocycles.